The molecule has 1 aromatic carbocycles. The first-order valence-corrected chi connectivity index (χ1v) is 5.96. The summed E-state index contributed by atoms with van der Waals surface area (Å²) in [4.78, 5) is -0.409. The van der Waals surface area contributed by atoms with Crippen LogP contribution in [0.3, 0.4) is 0 Å². The highest BCUT2D eigenvalue weighted by molar-refractivity contribution is 9.10. The molecular formula is C7H6BrF2NOS. The molecule has 0 aliphatic heterocycles. The van der Waals surface area contributed by atoms with Gasteiger partial charge in [-0.3, -0.25) is 0 Å². The van der Waals surface area contributed by atoms with Gasteiger partial charge < -0.3 is 0 Å². The Morgan fingerprint density at radius 2 is 1.92 bits per heavy atom. The van der Waals surface area contributed by atoms with Crippen molar-refractivity contribution in [3.05, 3.63) is 28.2 Å². The van der Waals surface area contributed by atoms with Crippen molar-refractivity contribution in [1.82, 2.24) is 0 Å². The number of rotatable bonds is 1. The zero-order valence-corrected chi connectivity index (χ0v) is 9.01. The summed E-state index contributed by atoms with van der Waals surface area (Å²) in [6.45, 7) is 0. The molecule has 1 rings (SSSR count). The van der Waals surface area contributed by atoms with Gasteiger partial charge in [-0.25, -0.2) is 17.8 Å². The normalized spacial score (nSPS) is 15.4. The summed E-state index contributed by atoms with van der Waals surface area (Å²) in [5.74, 6) is -1.56. The molecular weight excluding hydrogens is 264 g/mol. The SMILES string of the molecule is CS(=N)(=O)c1cc(F)c(Br)cc1F. The van der Waals surface area contributed by atoms with Gasteiger partial charge in [0.15, 0.2) is 0 Å². The van der Waals surface area contributed by atoms with Crippen LogP contribution >= 0.6 is 15.9 Å². The maximum atomic E-state index is 13.0. The second kappa shape index (κ2) is 3.34. The molecule has 0 radical (unpaired) electrons. The largest absolute Gasteiger partial charge is 0.249 e. The number of halogens is 3. The molecule has 1 aromatic rings. The molecule has 13 heavy (non-hydrogen) atoms. The van der Waals surface area contributed by atoms with Crippen molar-refractivity contribution < 1.29 is 13.0 Å². The highest BCUT2D eigenvalue weighted by Gasteiger charge is 2.13. The van der Waals surface area contributed by atoms with Gasteiger partial charge in [0.1, 0.15) is 11.6 Å². The van der Waals surface area contributed by atoms with Gasteiger partial charge in [0.05, 0.1) is 19.1 Å². The second-order valence-electron chi connectivity index (χ2n) is 2.54. The molecule has 0 saturated carbocycles. The Morgan fingerprint density at radius 3 is 2.38 bits per heavy atom. The van der Waals surface area contributed by atoms with E-state index in [4.69, 9.17) is 4.78 Å². The smallest absolute Gasteiger partial charge is 0.141 e. The monoisotopic (exact) mass is 269 g/mol. The lowest BCUT2D eigenvalue weighted by atomic mass is 10.3. The van der Waals surface area contributed by atoms with Crippen molar-refractivity contribution in [3.8, 4) is 0 Å². The lowest BCUT2D eigenvalue weighted by Gasteiger charge is -2.03. The van der Waals surface area contributed by atoms with E-state index in [9.17, 15) is 13.0 Å². The van der Waals surface area contributed by atoms with Gasteiger partial charge in [-0.05, 0) is 28.1 Å². The molecule has 0 saturated heterocycles. The maximum Gasteiger partial charge on any atom is 0.141 e. The Bertz CT molecular complexity index is 444. The van der Waals surface area contributed by atoms with Crippen molar-refractivity contribution in [3.63, 3.8) is 0 Å². The predicted molar refractivity (Wildman–Crippen MR) is 49.1 cm³/mol. The molecule has 0 spiro atoms. The van der Waals surface area contributed by atoms with Gasteiger partial charge in [-0.1, -0.05) is 0 Å². The van der Waals surface area contributed by atoms with E-state index in [2.05, 4.69) is 15.9 Å². The minimum Gasteiger partial charge on any atom is -0.249 e. The van der Waals surface area contributed by atoms with Gasteiger partial charge >= 0.3 is 0 Å². The Balaban J connectivity index is 3.50. The summed E-state index contributed by atoms with van der Waals surface area (Å²) in [5, 5.41) is 0. The Labute approximate surface area is 83.1 Å². The van der Waals surface area contributed by atoms with Crippen LogP contribution in [0.1, 0.15) is 0 Å². The predicted octanol–water partition coefficient (Wildman–Crippen LogP) is 2.76. The van der Waals surface area contributed by atoms with E-state index in [0.29, 0.717) is 0 Å². The Morgan fingerprint density at radius 1 is 1.38 bits per heavy atom. The number of nitrogens with one attached hydrogen (secondary N) is 1. The molecule has 72 valence electrons. The van der Waals surface area contributed by atoms with Crippen LogP contribution in [0, 0.1) is 16.4 Å². The lowest BCUT2D eigenvalue weighted by molar-refractivity contribution is 0.566. The molecule has 0 fully saturated rings. The molecule has 1 N–H and O–H groups in total. The van der Waals surface area contributed by atoms with E-state index < -0.39 is 26.3 Å². The van der Waals surface area contributed by atoms with E-state index >= 15 is 0 Å². The third-order valence-electron chi connectivity index (χ3n) is 1.39. The van der Waals surface area contributed by atoms with E-state index in [1.807, 2.05) is 0 Å². The van der Waals surface area contributed by atoms with Crippen LogP contribution in [-0.2, 0) is 9.73 Å². The number of hydrogen-bond donors (Lipinski definition) is 1. The minimum atomic E-state index is -3.21. The van der Waals surface area contributed by atoms with Gasteiger partial charge in [-0.15, -0.1) is 0 Å². The first kappa shape index (κ1) is 10.6. The van der Waals surface area contributed by atoms with Gasteiger partial charge in [-0.2, -0.15) is 0 Å². The van der Waals surface area contributed by atoms with Crippen LogP contribution in [0.2, 0.25) is 0 Å². The summed E-state index contributed by atoms with van der Waals surface area (Å²) in [5.41, 5.74) is 0. The number of hydrogen-bond acceptors (Lipinski definition) is 2. The van der Waals surface area contributed by atoms with Crippen molar-refractivity contribution in [2.45, 2.75) is 4.90 Å². The van der Waals surface area contributed by atoms with Crippen LogP contribution < -0.4 is 0 Å². The second-order valence-corrected chi connectivity index (χ2v) is 5.52. The van der Waals surface area contributed by atoms with Crippen LogP contribution in [0.15, 0.2) is 21.5 Å². The maximum absolute atomic E-state index is 13.0. The summed E-state index contributed by atoms with van der Waals surface area (Å²) in [6.07, 6.45) is 1.04. The molecule has 0 aromatic heterocycles. The molecule has 0 heterocycles. The molecule has 0 aliphatic rings. The zero-order valence-electron chi connectivity index (χ0n) is 6.61. The highest BCUT2D eigenvalue weighted by Crippen LogP contribution is 2.23. The topological polar surface area (TPSA) is 40.9 Å². The van der Waals surface area contributed by atoms with Crippen LogP contribution in [-0.4, -0.2) is 10.5 Å². The van der Waals surface area contributed by atoms with Crippen molar-refractivity contribution in [1.29, 1.82) is 4.78 Å². The fourth-order valence-electron chi connectivity index (χ4n) is 0.803. The first-order valence-electron chi connectivity index (χ1n) is 3.20. The lowest BCUT2D eigenvalue weighted by Crippen LogP contribution is -2.00. The number of benzene rings is 1. The summed E-state index contributed by atoms with van der Waals surface area (Å²) < 4.78 is 44.1. The average molecular weight is 270 g/mol. The van der Waals surface area contributed by atoms with Crippen LogP contribution in [0.4, 0.5) is 8.78 Å². The molecule has 0 bridgehead atoms. The van der Waals surface area contributed by atoms with Gasteiger partial charge in [0.2, 0.25) is 0 Å². The Kier molecular flexibility index (Phi) is 2.72. The standard InChI is InChI=1S/C7H6BrF2NOS/c1-13(11,12)7-3-5(9)4(8)2-6(7)10/h2-3,11H,1H3. The summed E-state index contributed by atoms with van der Waals surface area (Å²) in [7, 11) is -3.21. The van der Waals surface area contributed by atoms with Crippen LogP contribution in [0.5, 0.6) is 0 Å². The van der Waals surface area contributed by atoms with E-state index in [1.54, 1.807) is 0 Å². The van der Waals surface area contributed by atoms with Gasteiger partial charge in [0.25, 0.3) is 0 Å². The average Bonchev–Trinajstić information content (AvgIpc) is 1.94. The van der Waals surface area contributed by atoms with Crippen molar-refractivity contribution >= 4 is 25.7 Å². The molecule has 0 aliphatic carbocycles. The summed E-state index contributed by atoms with van der Waals surface area (Å²) in [6, 6.07) is 1.64. The Hall–Kier alpha value is -0.490. The fourth-order valence-corrected chi connectivity index (χ4v) is 1.88. The van der Waals surface area contributed by atoms with Crippen molar-refractivity contribution in [2.75, 3.05) is 6.26 Å². The highest BCUT2D eigenvalue weighted by atomic mass is 79.9. The zero-order chi connectivity index (χ0) is 10.2. The van der Waals surface area contributed by atoms with E-state index in [0.717, 1.165) is 18.4 Å². The van der Waals surface area contributed by atoms with E-state index in [1.165, 1.54) is 0 Å². The van der Waals surface area contributed by atoms with E-state index in [-0.39, 0.29) is 4.47 Å². The molecule has 0 amide bonds. The van der Waals surface area contributed by atoms with Crippen molar-refractivity contribution in [2.24, 2.45) is 0 Å². The van der Waals surface area contributed by atoms with Gasteiger partial charge in [0, 0.05) is 6.26 Å². The third-order valence-corrected chi connectivity index (χ3v) is 3.15. The van der Waals surface area contributed by atoms with Crippen LogP contribution in [0.25, 0.3) is 0 Å². The fraction of sp³-hybridized carbons (Fsp3) is 0.143. The molecule has 1 unspecified atom stereocenters. The summed E-state index contributed by atoms with van der Waals surface area (Å²) >= 11 is 2.78. The first-order chi connectivity index (χ1) is 5.82. The molecule has 6 heteroatoms. The third kappa shape index (κ3) is 2.25. The molecule has 1 atom stereocenters. The quantitative estimate of drug-likeness (QED) is 0.783. The molecule has 2 nitrogen and oxygen atoms in total. The minimum absolute atomic E-state index is 0.0441.